The van der Waals surface area contributed by atoms with Crippen LogP contribution in [0.5, 0.6) is 0 Å². The van der Waals surface area contributed by atoms with Gasteiger partial charge in [0.25, 0.3) is 0 Å². The SMILES string of the molecule is Nc1ccc2ncnc(NCc3ccc(F)c(Cl)c3)c2c1. The fourth-order valence-electron chi connectivity index (χ4n) is 2.05. The highest BCUT2D eigenvalue weighted by Gasteiger charge is 2.05. The highest BCUT2D eigenvalue weighted by atomic mass is 35.5. The molecule has 0 amide bonds. The molecule has 0 spiro atoms. The van der Waals surface area contributed by atoms with Crippen LogP contribution in [0.25, 0.3) is 10.9 Å². The summed E-state index contributed by atoms with van der Waals surface area (Å²) in [5.74, 6) is 0.244. The standard InChI is InChI=1S/C15H12ClFN4/c16-12-5-9(1-3-13(12)17)7-19-15-11-6-10(18)2-4-14(11)20-8-21-15/h1-6,8H,7,18H2,(H,19,20,21). The van der Waals surface area contributed by atoms with Gasteiger partial charge in [-0.3, -0.25) is 0 Å². The third-order valence-corrected chi connectivity index (χ3v) is 3.39. The van der Waals surface area contributed by atoms with Crippen LogP contribution in [0.15, 0.2) is 42.7 Å². The predicted molar refractivity (Wildman–Crippen MR) is 82.7 cm³/mol. The van der Waals surface area contributed by atoms with Crippen LogP contribution in [0.1, 0.15) is 5.56 Å². The first-order chi connectivity index (χ1) is 10.1. The molecular formula is C15H12ClFN4. The summed E-state index contributed by atoms with van der Waals surface area (Å²) in [7, 11) is 0. The van der Waals surface area contributed by atoms with Crippen LogP contribution < -0.4 is 11.1 Å². The van der Waals surface area contributed by atoms with Crippen molar-refractivity contribution in [3.8, 4) is 0 Å². The number of nitrogens with zero attached hydrogens (tertiary/aromatic N) is 2. The zero-order chi connectivity index (χ0) is 14.8. The number of nitrogen functional groups attached to an aromatic ring is 1. The Hall–Kier alpha value is -2.40. The molecule has 3 N–H and O–H groups in total. The molecule has 0 unspecified atom stereocenters. The molecule has 0 bridgehead atoms. The van der Waals surface area contributed by atoms with Crippen LogP contribution in [-0.2, 0) is 6.54 Å². The summed E-state index contributed by atoms with van der Waals surface area (Å²) in [4.78, 5) is 8.40. The van der Waals surface area contributed by atoms with Crippen LogP contribution in [0, 0.1) is 5.82 Å². The first-order valence-electron chi connectivity index (χ1n) is 6.31. The van der Waals surface area contributed by atoms with E-state index in [-0.39, 0.29) is 5.02 Å². The van der Waals surface area contributed by atoms with Gasteiger partial charge >= 0.3 is 0 Å². The van der Waals surface area contributed by atoms with E-state index in [9.17, 15) is 4.39 Å². The van der Waals surface area contributed by atoms with Gasteiger partial charge in [-0.1, -0.05) is 17.7 Å². The van der Waals surface area contributed by atoms with Crippen molar-refractivity contribution in [2.45, 2.75) is 6.54 Å². The van der Waals surface area contributed by atoms with Gasteiger partial charge < -0.3 is 11.1 Å². The van der Waals surface area contributed by atoms with Crippen molar-refractivity contribution < 1.29 is 4.39 Å². The number of fused-ring (bicyclic) bond motifs is 1. The topological polar surface area (TPSA) is 63.8 Å². The zero-order valence-electron chi connectivity index (χ0n) is 11.0. The lowest BCUT2D eigenvalue weighted by Gasteiger charge is -2.09. The fraction of sp³-hybridized carbons (Fsp3) is 0.0667. The van der Waals surface area contributed by atoms with Crippen LogP contribution in [0.2, 0.25) is 5.02 Å². The van der Waals surface area contributed by atoms with Crippen LogP contribution in [0.3, 0.4) is 0 Å². The Labute approximate surface area is 125 Å². The lowest BCUT2D eigenvalue weighted by molar-refractivity contribution is 0.627. The molecule has 0 aliphatic carbocycles. The number of halogens is 2. The molecule has 4 nitrogen and oxygen atoms in total. The Kier molecular flexibility index (Phi) is 3.58. The largest absolute Gasteiger partial charge is 0.399 e. The third kappa shape index (κ3) is 2.87. The zero-order valence-corrected chi connectivity index (χ0v) is 11.7. The molecule has 0 aliphatic heterocycles. The maximum Gasteiger partial charge on any atom is 0.141 e. The Morgan fingerprint density at radius 1 is 1.14 bits per heavy atom. The summed E-state index contributed by atoms with van der Waals surface area (Å²) in [6.07, 6.45) is 1.48. The first kappa shape index (κ1) is 13.6. The van der Waals surface area contributed by atoms with E-state index < -0.39 is 5.82 Å². The van der Waals surface area contributed by atoms with Gasteiger partial charge in [0.05, 0.1) is 10.5 Å². The molecular weight excluding hydrogens is 291 g/mol. The van der Waals surface area contributed by atoms with Crippen LogP contribution in [0.4, 0.5) is 15.9 Å². The molecule has 1 aromatic heterocycles. The summed E-state index contributed by atoms with van der Waals surface area (Å²) < 4.78 is 13.1. The number of hydrogen-bond acceptors (Lipinski definition) is 4. The molecule has 0 saturated carbocycles. The molecule has 6 heteroatoms. The number of nitrogens with two attached hydrogens (primary N) is 1. The average Bonchev–Trinajstić information content (AvgIpc) is 2.48. The van der Waals surface area contributed by atoms with E-state index in [2.05, 4.69) is 15.3 Å². The van der Waals surface area contributed by atoms with E-state index in [0.29, 0.717) is 18.1 Å². The minimum Gasteiger partial charge on any atom is -0.399 e. The van der Waals surface area contributed by atoms with Gasteiger partial charge in [0.15, 0.2) is 0 Å². The van der Waals surface area contributed by atoms with E-state index in [1.165, 1.54) is 12.4 Å². The minimum absolute atomic E-state index is 0.103. The molecule has 0 radical (unpaired) electrons. The Morgan fingerprint density at radius 3 is 2.81 bits per heavy atom. The van der Waals surface area contributed by atoms with Gasteiger partial charge in [-0.25, -0.2) is 14.4 Å². The lowest BCUT2D eigenvalue weighted by atomic mass is 10.2. The maximum atomic E-state index is 13.1. The second-order valence-electron chi connectivity index (χ2n) is 4.60. The Morgan fingerprint density at radius 2 is 2.00 bits per heavy atom. The second kappa shape index (κ2) is 5.54. The number of aromatic nitrogens is 2. The quantitative estimate of drug-likeness (QED) is 0.725. The summed E-state index contributed by atoms with van der Waals surface area (Å²) in [6.45, 7) is 0.473. The monoisotopic (exact) mass is 302 g/mol. The Bertz CT molecular complexity index is 807. The summed E-state index contributed by atoms with van der Waals surface area (Å²) >= 11 is 5.77. The molecule has 106 valence electrons. The van der Waals surface area contributed by atoms with Crippen molar-refractivity contribution in [1.29, 1.82) is 0 Å². The van der Waals surface area contributed by atoms with Crippen molar-refractivity contribution in [2.75, 3.05) is 11.1 Å². The molecule has 1 heterocycles. The fourth-order valence-corrected chi connectivity index (χ4v) is 2.25. The number of nitrogens with one attached hydrogen (secondary N) is 1. The van der Waals surface area contributed by atoms with Gasteiger partial charge in [0.1, 0.15) is 18.0 Å². The van der Waals surface area contributed by atoms with Gasteiger partial charge in [0, 0.05) is 17.6 Å². The van der Waals surface area contributed by atoms with E-state index in [1.807, 2.05) is 12.1 Å². The smallest absolute Gasteiger partial charge is 0.141 e. The molecule has 0 saturated heterocycles. The normalized spacial score (nSPS) is 10.8. The molecule has 2 aromatic carbocycles. The van der Waals surface area contributed by atoms with Crippen LogP contribution >= 0.6 is 11.6 Å². The lowest BCUT2D eigenvalue weighted by Crippen LogP contribution is -2.03. The number of anilines is 2. The first-order valence-corrected chi connectivity index (χ1v) is 6.69. The number of hydrogen-bond donors (Lipinski definition) is 2. The molecule has 0 fully saturated rings. The number of benzene rings is 2. The Balaban J connectivity index is 1.88. The van der Waals surface area contributed by atoms with E-state index in [1.54, 1.807) is 18.2 Å². The molecule has 3 aromatic rings. The van der Waals surface area contributed by atoms with Gasteiger partial charge in [-0.05, 0) is 35.9 Å². The number of rotatable bonds is 3. The predicted octanol–water partition coefficient (Wildman–Crippen LogP) is 3.62. The maximum absolute atomic E-state index is 13.1. The van der Waals surface area contributed by atoms with Gasteiger partial charge in [0.2, 0.25) is 0 Å². The van der Waals surface area contributed by atoms with Crippen LogP contribution in [-0.4, -0.2) is 9.97 Å². The second-order valence-corrected chi connectivity index (χ2v) is 5.01. The van der Waals surface area contributed by atoms with E-state index in [0.717, 1.165) is 16.5 Å². The highest BCUT2D eigenvalue weighted by molar-refractivity contribution is 6.30. The molecule has 0 aliphatic rings. The molecule has 3 rings (SSSR count). The minimum atomic E-state index is -0.430. The van der Waals surface area contributed by atoms with Crippen molar-refractivity contribution in [3.63, 3.8) is 0 Å². The van der Waals surface area contributed by atoms with Crippen molar-refractivity contribution in [2.24, 2.45) is 0 Å². The summed E-state index contributed by atoms with van der Waals surface area (Å²) in [5, 5.41) is 4.13. The average molecular weight is 303 g/mol. The van der Waals surface area contributed by atoms with Gasteiger partial charge in [-0.2, -0.15) is 0 Å². The highest BCUT2D eigenvalue weighted by Crippen LogP contribution is 2.23. The van der Waals surface area contributed by atoms with Gasteiger partial charge in [-0.15, -0.1) is 0 Å². The molecule has 21 heavy (non-hydrogen) atoms. The van der Waals surface area contributed by atoms with Crippen molar-refractivity contribution in [1.82, 2.24) is 9.97 Å². The summed E-state index contributed by atoms with van der Waals surface area (Å²) in [5.41, 5.74) is 8.10. The van der Waals surface area contributed by atoms with Crippen molar-refractivity contribution in [3.05, 3.63) is 59.1 Å². The molecule has 0 atom stereocenters. The third-order valence-electron chi connectivity index (χ3n) is 3.10. The van der Waals surface area contributed by atoms with E-state index in [4.69, 9.17) is 17.3 Å². The van der Waals surface area contributed by atoms with Crippen molar-refractivity contribution >= 4 is 34.0 Å². The van der Waals surface area contributed by atoms with E-state index >= 15 is 0 Å². The summed E-state index contributed by atoms with van der Waals surface area (Å²) in [6, 6.07) is 10.0.